The highest BCUT2D eigenvalue weighted by atomic mass is 35.5. The molecule has 2 aromatic rings. The molecule has 0 saturated heterocycles. The Kier molecular flexibility index (Phi) is 6.43. The van der Waals surface area contributed by atoms with E-state index in [-0.39, 0.29) is 0 Å². The van der Waals surface area contributed by atoms with Crippen molar-refractivity contribution in [2.24, 2.45) is 0 Å². The van der Waals surface area contributed by atoms with Gasteiger partial charge in [0.05, 0.1) is 0 Å². The van der Waals surface area contributed by atoms with E-state index >= 15 is 0 Å². The van der Waals surface area contributed by atoms with Gasteiger partial charge in [-0.15, -0.1) is 23.1 Å². The molecule has 2 rings (SSSR count). The molecule has 1 aromatic carbocycles. The van der Waals surface area contributed by atoms with Gasteiger partial charge >= 0.3 is 0 Å². The lowest BCUT2D eigenvalue weighted by Gasteiger charge is -2.14. The SMILES string of the molecule is CCc1ccc(CC(CSc2ccc(Cl)cc2)NC)s1. The molecule has 1 nitrogen and oxygen atoms in total. The maximum Gasteiger partial charge on any atom is 0.0406 e. The molecule has 0 amide bonds. The second kappa shape index (κ2) is 8.08. The summed E-state index contributed by atoms with van der Waals surface area (Å²) < 4.78 is 0. The van der Waals surface area contributed by atoms with Gasteiger partial charge in [0.2, 0.25) is 0 Å². The van der Waals surface area contributed by atoms with Gasteiger partial charge in [-0.1, -0.05) is 18.5 Å². The fourth-order valence-electron chi connectivity index (χ4n) is 1.94. The molecule has 0 aliphatic heterocycles. The van der Waals surface area contributed by atoms with E-state index in [0.717, 1.165) is 23.6 Å². The first-order valence-corrected chi connectivity index (χ1v) is 9.02. The molecule has 20 heavy (non-hydrogen) atoms. The van der Waals surface area contributed by atoms with Crippen molar-refractivity contribution in [3.05, 3.63) is 51.2 Å². The highest BCUT2D eigenvalue weighted by molar-refractivity contribution is 7.99. The summed E-state index contributed by atoms with van der Waals surface area (Å²) in [6.45, 7) is 2.21. The molecular formula is C16H20ClNS2. The third-order valence-corrected chi connectivity index (χ3v) is 5.86. The molecular weight excluding hydrogens is 306 g/mol. The van der Waals surface area contributed by atoms with Crippen molar-refractivity contribution in [2.75, 3.05) is 12.8 Å². The van der Waals surface area contributed by atoms with Crippen molar-refractivity contribution < 1.29 is 0 Å². The van der Waals surface area contributed by atoms with Crippen LogP contribution in [0.2, 0.25) is 5.02 Å². The topological polar surface area (TPSA) is 12.0 Å². The number of thiophene rings is 1. The Balaban J connectivity index is 1.87. The van der Waals surface area contributed by atoms with Crippen molar-refractivity contribution in [1.29, 1.82) is 0 Å². The van der Waals surface area contributed by atoms with Gasteiger partial charge in [0.1, 0.15) is 0 Å². The second-order valence-corrected chi connectivity index (χ2v) is 7.46. The number of aryl methyl sites for hydroxylation is 1. The second-order valence-electron chi connectivity index (χ2n) is 4.68. The van der Waals surface area contributed by atoms with Gasteiger partial charge in [0.25, 0.3) is 0 Å². The summed E-state index contributed by atoms with van der Waals surface area (Å²) in [5.41, 5.74) is 0. The minimum atomic E-state index is 0.499. The molecule has 1 atom stereocenters. The minimum Gasteiger partial charge on any atom is -0.316 e. The van der Waals surface area contributed by atoms with Crippen LogP contribution in [0.5, 0.6) is 0 Å². The molecule has 0 fully saturated rings. The quantitative estimate of drug-likeness (QED) is 0.728. The van der Waals surface area contributed by atoms with E-state index in [4.69, 9.17) is 11.6 Å². The third-order valence-electron chi connectivity index (χ3n) is 3.19. The highest BCUT2D eigenvalue weighted by Crippen LogP contribution is 2.23. The van der Waals surface area contributed by atoms with Gasteiger partial charge < -0.3 is 5.32 Å². The van der Waals surface area contributed by atoms with Crippen LogP contribution in [0.1, 0.15) is 16.7 Å². The first kappa shape index (κ1) is 15.9. The van der Waals surface area contributed by atoms with E-state index in [1.165, 1.54) is 14.6 Å². The largest absolute Gasteiger partial charge is 0.316 e. The summed E-state index contributed by atoms with van der Waals surface area (Å²) in [7, 11) is 2.04. The van der Waals surface area contributed by atoms with E-state index in [0.29, 0.717) is 6.04 Å². The van der Waals surface area contributed by atoms with Crippen molar-refractivity contribution >= 4 is 34.7 Å². The Morgan fingerprint density at radius 2 is 1.85 bits per heavy atom. The Labute approximate surface area is 134 Å². The van der Waals surface area contributed by atoms with Gasteiger partial charge in [-0.25, -0.2) is 0 Å². The Morgan fingerprint density at radius 1 is 1.15 bits per heavy atom. The molecule has 0 aliphatic rings. The average Bonchev–Trinajstić information content (AvgIpc) is 2.93. The number of nitrogens with one attached hydrogen (secondary N) is 1. The number of halogens is 1. The smallest absolute Gasteiger partial charge is 0.0406 e. The molecule has 1 unspecified atom stereocenters. The normalized spacial score (nSPS) is 12.6. The van der Waals surface area contributed by atoms with Crippen LogP contribution in [-0.2, 0) is 12.8 Å². The molecule has 1 aromatic heterocycles. The number of thioether (sulfide) groups is 1. The Morgan fingerprint density at radius 3 is 2.45 bits per heavy atom. The van der Waals surface area contributed by atoms with Crippen molar-refractivity contribution in [3.63, 3.8) is 0 Å². The summed E-state index contributed by atoms with van der Waals surface area (Å²) in [5, 5.41) is 4.22. The zero-order valence-corrected chi connectivity index (χ0v) is 14.2. The van der Waals surface area contributed by atoms with Crippen LogP contribution in [0.4, 0.5) is 0 Å². The first-order valence-electron chi connectivity index (χ1n) is 6.84. The lowest BCUT2D eigenvalue weighted by Crippen LogP contribution is -2.29. The first-order chi connectivity index (χ1) is 9.71. The predicted molar refractivity (Wildman–Crippen MR) is 92.4 cm³/mol. The zero-order valence-electron chi connectivity index (χ0n) is 11.9. The summed E-state index contributed by atoms with van der Waals surface area (Å²) in [4.78, 5) is 4.22. The molecule has 1 N–H and O–H groups in total. The number of hydrogen-bond donors (Lipinski definition) is 1. The van der Waals surface area contributed by atoms with Gasteiger partial charge in [0.15, 0.2) is 0 Å². The third kappa shape index (κ3) is 4.81. The summed E-state index contributed by atoms with van der Waals surface area (Å²) in [6.07, 6.45) is 2.23. The molecule has 0 saturated carbocycles. The Hall–Kier alpha value is -0.480. The molecule has 0 spiro atoms. The molecule has 0 bridgehead atoms. The number of rotatable bonds is 7. The Bertz CT molecular complexity index is 522. The zero-order chi connectivity index (χ0) is 14.4. The van der Waals surface area contributed by atoms with Crippen LogP contribution >= 0.6 is 34.7 Å². The predicted octanol–water partition coefficient (Wildman–Crippen LogP) is 4.89. The van der Waals surface area contributed by atoms with Crippen LogP contribution in [0.25, 0.3) is 0 Å². The van der Waals surface area contributed by atoms with E-state index in [2.05, 4.69) is 36.5 Å². The van der Waals surface area contributed by atoms with Crippen LogP contribution in [-0.4, -0.2) is 18.8 Å². The van der Waals surface area contributed by atoms with Gasteiger partial charge in [-0.3, -0.25) is 0 Å². The fourth-order valence-corrected chi connectivity index (χ4v) is 4.11. The standard InChI is InChI=1S/C16H20ClNS2/c1-3-14-8-9-16(20-14)10-13(18-2)11-19-15-6-4-12(17)5-7-15/h4-9,13,18H,3,10-11H2,1-2H3. The molecule has 108 valence electrons. The highest BCUT2D eigenvalue weighted by Gasteiger charge is 2.10. The van der Waals surface area contributed by atoms with Gasteiger partial charge in [-0.2, -0.15) is 0 Å². The van der Waals surface area contributed by atoms with Gasteiger partial charge in [0, 0.05) is 31.5 Å². The van der Waals surface area contributed by atoms with Crippen molar-refractivity contribution in [2.45, 2.75) is 30.7 Å². The van der Waals surface area contributed by atoms with Crippen LogP contribution in [0.3, 0.4) is 0 Å². The number of hydrogen-bond acceptors (Lipinski definition) is 3. The molecule has 4 heteroatoms. The average molecular weight is 326 g/mol. The number of benzene rings is 1. The lowest BCUT2D eigenvalue weighted by molar-refractivity contribution is 0.622. The molecule has 0 radical (unpaired) electrons. The van der Waals surface area contributed by atoms with Crippen LogP contribution < -0.4 is 5.32 Å². The van der Waals surface area contributed by atoms with Crippen LogP contribution in [0, 0.1) is 0 Å². The van der Waals surface area contributed by atoms with E-state index in [9.17, 15) is 0 Å². The van der Waals surface area contributed by atoms with E-state index < -0.39 is 0 Å². The number of likely N-dealkylation sites (N-methyl/N-ethyl adjacent to an activating group) is 1. The summed E-state index contributed by atoms with van der Waals surface area (Å²) in [6, 6.07) is 13.1. The maximum atomic E-state index is 5.90. The van der Waals surface area contributed by atoms with Crippen LogP contribution in [0.15, 0.2) is 41.3 Å². The minimum absolute atomic E-state index is 0.499. The maximum absolute atomic E-state index is 5.90. The monoisotopic (exact) mass is 325 g/mol. The van der Waals surface area contributed by atoms with E-state index in [1.807, 2.05) is 42.3 Å². The lowest BCUT2D eigenvalue weighted by atomic mass is 10.2. The summed E-state index contributed by atoms with van der Waals surface area (Å²) >= 11 is 9.72. The van der Waals surface area contributed by atoms with Crippen molar-refractivity contribution in [3.8, 4) is 0 Å². The van der Waals surface area contributed by atoms with E-state index in [1.54, 1.807) is 0 Å². The summed E-state index contributed by atoms with van der Waals surface area (Å²) in [5.74, 6) is 1.07. The molecule has 0 aliphatic carbocycles. The van der Waals surface area contributed by atoms with Crippen molar-refractivity contribution in [1.82, 2.24) is 5.32 Å². The van der Waals surface area contributed by atoms with Gasteiger partial charge in [-0.05, 0) is 56.3 Å². The fraction of sp³-hybridized carbons (Fsp3) is 0.375. The molecule has 1 heterocycles.